The van der Waals surface area contributed by atoms with Gasteiger partial charge in [0.15, 0.2) is 4.60 Å². The molecule has 2 rings (SSSR count). The third-order valence-corrected chi connectivity index (χ3v) is 5.33. The molecule has 0 radical (unpaired) electrons. The molecule has 0 unspecified atom stereocenters. The third kappa shape index (κ3) is 3.66. The Bertz CT molecular complexity index is 741. The van der Waals surface area contributed by atoms with E-state index in [4.69, 9.17) is 0 Å². The van der Waals surface area contributed by atoms with E-state index in [1.807, 2.05) is 0 Å². The van der Waals surface area contributed by atoms with Gasteiger partial charge in [-0.05, 0) is 52.5 Å². The predicted molar refractivity (Wildman–Crippen MR) is 78.7 cm³/mol. The summed E-state index contributed by atoms with van der Waals surface area (Å²) in [7, 11) is -2.21. The van der Waals surface area contributed by atoms with Crippen LogP contribution in [0.3, 0.4) is 0 Å². The first-order valence-electron chi connectivity index (χ1n) is 6.11. The topological polar surface area (TPSA) is 76.9 Å². The normalized spacial score (nSPS) is 11.8. The molecule has 0 aliphatic carbocycles. The highest BCUT2D eigenvalue weighted by Gasteiger charge is 2.23. The fourth-order valence-corrected chi connectivity index (χ4v) is 4.06. The van der Waals surface area contributed by atoms with E-state index in [0.29, 0.717) is 6.42 Å². The van der Waals surface area contributed by atoms with Gasteiger partial charge in [0, 0.05) is 13.6 Å². The molecule has 0 bridgehead atoms. The molecular weight excluding hydrogens is 363 g/mol. The van der Waals surface area contributed by atoms with Gasteiger partial charge in [-0.1, -0.05) is 11.3 Å². The van der Waals surface area contributed by atoms with Crippen molar-refractivity contribution in [2.45, 2.75) is 18.4 Å². The molecule has 1 heterocycles. The van der Waals surface area contributed by atoms with E-state index in [-0.39, 0.29) is 22.0 Å². The van der Waals surface area contributed by atoms with Crippen LogP contribution in [0.4, 0.5) is 4.39 Å². The predicted octanol–water partition coefficient (Wildman–Crippen LogP) is 1.55. The zero-order valence-corrected chi connectivity index (χ0v) is 13.9. The maximum absolute atomic E-state index is 13.0. The maximum Gasteiger partial charge on any atom is 0.260 e. The molecule has 1 aromatic heterocycles. The summed E-state index contributed by atoms with van der Waals surface area (Å²) in [6, 6.07) is 4.43. The van der Waals surface area contributed by atoms with Crippen molar-refractivity contribution in [3.05, 3.63) is 39.7 Å². The van der Waals surface area contributed by atoms with E-state index in [0.717, 1.165) is 11.1 Å². The molecule has 6 nitrogen and oxygen atoms in total. The minimum atomic E-state index is -3.70. The Balaban J connectivity index is 2.06. The summed E-state index contributed by atoms with van der Waals surface area (Å²) < 4.78 is 41.1. The van der Waals surface area contributed by atoms with Gasteiger partial charge in [0.25, 0.3) is 10.0 Å². The minimum absolute atomic E-state index is 0.0293. The van der Waals surface area contributed by atoms with Crippen molar-refractivity contribution in [2.24, 2.45) is 7.05 Å². The van der Waals surface area contributed by atoms with E-state index in [1.165, 1.54) is 23.9 Å². The van der Waals surface area contributed by atoms with E-state index >= 15 is 0 Å². The second-order valence-electron chi connectivity index (χ2n) is 4.53. The molecule has 2 aromatic rings. The molecule has 21 heavy (non-hydrogen) atoms. The van der Waals surface area contributed by atoms with Crippen LogP contribution < -0.4 is 4.72 Å². The van der Waals surface area contributed by atoms with Crippen molar-refractivity contribution in [3.8, 4) is 0 Å². The molecule has 0 amide bonds. The fraction of sp³-hybridized carbons (Fsp3) is 0.333. The summed E-state index contributed by atoms with van der Waals surface area (Å²) >= 11 is 3.05. The van der Waals surface area contributed by atoms with Crippen molar-refractivity contribution >= 4 is 26.0 Å². The number of hydrogen-bond acceptors (Lipinski definition) is 4. The molecule has 1 N–H and O–H groups in total. The summed E-state index contributed by atoms with van der Waals surface area (Å²) in [5, 5.41) is 7.24. The second kappa shape index (κ2) is 6.20. The average Bonchev–Trinajstić information content (AvgIpc) is 2.72. The molecule has 0 fully saturated rings. The van der Waals surface area contributed by atoms with Gasteiger partial charge in [0.1, 0.15) is 5.82 Å². The molecule has 0 saturated carbocycles. The number of hydrogen-bond donors (Lipinski definition) is 1. The highest BCUT2D eigenvalue weighted by molar-refractivity contribution is 9.10. The number of benzene rings is 1. The molecule has 114 valence electrons. The summed E-state index contributed by atoms with van der Waals surface area (Å²) in [5.74, 6) is -0.304. The first kappa shape index (κ1) is 16.1. The summed E-state index contributed by atoms with van der Waals surface area (Å²) in [6.07, 6.45) is 0.467. The van der Waals surface area contributed by atoms with Crippen LogP contribution in [0, 0.1) is 12.7 Å². The number of aromatic nitrogens is 3. The van der Waals surface area contributed by atoms with Gasteiger partial charge in [-0.3, -0.25) is 0 Å². The minimum Gasteiger partial charge on any atom is -0.235 e. The largest absolute Gasteiger partial charge is 0.260 e. The van der Waals surface area contributed by atoms with Crippen molar-refractivity contribution < 1.29 is 12.8 Å². The summed E-state index contributed by atoms with van der Waals surface area (Å²) in [5.41, 5.74) is 1.68. The zero-order chi connectivity index (χ0) is 15.6. The molecule has 0 saturated heterocycles. The van der Waals surface area contributed by atoms with Gasteiger partial charge < -0.3 is 0 Å². The Morgan fingerprint density at radius 2 is 2.14 bits per heavy atom. The lowest BCUT2D eigenvalue weighted by atomic mass is 10.1. The van der Waals surface area contributed by atoms with Gasteiger partial charge in [0.2, 0.25) is 5.03 Å². The first-order chi connectivity index (χ1) is 9.81. The van der Waals surface area contributed by atoms with Crippen molar-refractivity contribution in [2.75, 3.05) is 6.54 Å². The van der Waals surface area contributed by atoms with Gasteiger partial charge in [-0.15, -0.1) is 5.10 Å². The van der Waals surface area contributed by atoms with E-state index in [2.05, 4.69) is 31.0 Å². The second-order valence-corrected chi connectivity index (χ2v) is 6.96. The molecule has 1 aromatic carbocycles. The van der Waals surface area contributed by atoms with Crippen LogP contribution >= 0.6 is 15.9 Å². The standard InChI is InChI=1S/C12H14BrFN4O2S/c1-8-7-10(14)4-3-9(8)5-6-15-21(19,20)12-11(13)16-17-18(12)2/h3-4,7,15H,5-6H2,1-2H3. The van der Waals surface area contributed by atoms with Crippen molar-refractivity contribution in [1.82, 2.24) is 19.7 Å². The molecular formula is C12H14BrFN4O2S. The summed E-state index contributed by atoms with van der Waals surface area (Å²) in [6.45, 7) is 1.99. The Morgan fingerprint density at radius 3 is 2.71 bits per heavy atom. The first-order valence-corrected chi connectivity index (χ1v) is 8.39. The number of halogens is 2. The number of nitrogens with zero attached hydrogens (tertiary/aromatic N) is 3. The van der Waals surface area contributed by atoms with Crippen molar-refractivity contribution in [1.29, 1.82) is 0 Å². The Morgan fingerprint density at radius 1 is 1.43 bits per heavy atom. The highest BCUT2D eigenvalue weighted by atomic mass is 79.9. The molecule has 0 atom stereocenters. The molecule has 0 aliphatic heterocycles. The lowest BCUT2D eigenvalue weighted by Crippen LogP contribution is -2.28. The van der Waals surface area contributed by atoms with Crippen LogP contribution in [0.2, 0.25) is 0 Å². The number of aryl methyl sites for hydroxylation is 2. The third-order valence-electron chi connectivity index (χ3n) is 2.98. The fourth-order valence-electron chi connectivity index (χ4n) is 1.94. The van der Waals surface area contributed by atoms with E-state index < -0.39 is 10.0 Å². The van der Waals surface area contributed by atoms with Crippen LogP contribution in [0.1, 0.15) is 11.1 Å². The Hall–Kier alpha value is -1.32. The van der Waals surface area contributed by atoms with Crippen LogP contribution in [-0.2, 0) is 23.5 Å². The van der Waals surface area contributed by atoms with E-state index in [9.17, 15) is 12.8 Å². The van der Waals surface area contributed by atoms with Gasteiger partial charge in [-0.25, -0.2) is 22.2 Å². The number of nitrogens with one attached hydrogen (secondary N) is 1. The Labute approximate surface area is 130 Å². The molecule has 0 spiro atoms. The SMILES string of the molecule is Cc1cc(F)ccc1CCNS(=O)(=O)c1c(Br)nnn1C. The van der Waals surface area contributed by atoms with Crippen LogP contribution in [0.25, 0.3) is 0 Å². The lowest BCUT2D eigenvalue weighted by molar-refractivity contribution is 0.560. The van der Waals surface area contributed by atoms with Gasteiger partial charge in [-0.2, -0.15) is 0 Å². The van der Waals surface area contributed by atoms with Gasteiger partial charge in [0.05, 0.1) is 0 Å². The number of sulfonamides is 1. The zero-order valence-electron chi connectivity index (χ0n) is 11.5. The molecule has 9 heteroatoms. The quantitative estimate of drug-likeness (QED) is 0.858. The number of rotatable bonds is 5. The smallest absolute Gasteiger partial charge is 0.235 e. The summed E-state index contributed by atoms with van der Waals surface area (Å²) in [4.78, 5) is 0. The van der Waals surface area contributed by atoms with Gasteiger partial charge >= 0.3 is 0 Å². The van der Waals surface area contributed by atoms with Crippen LogP contribution in [-0.4, -0.2) is 30.0 Å². The molecule has 0 aliphatic rings. The van der Waals surface area contributed by atoms with Crippen LogP contribution in [0.15, 0.2) is 27.8 Å². The van der Waals surface area contributed by atoms with Crippen molar-refractivity contribution in [3.63, 3.8) is 0 Å². The maximum atomic E-state index is 13.0. The lowest BCUT2D eigenvalue weighted by Gasteiger charge is -2.08. The monoisotopic (exact) mass is 376 g/mol. The Kier molecular flexibility index (Phi) is 4.74. The highest BCUT2D eigenvalue weighted by Crippen LogP contribution is 2.17. The van der Waals surface area contributed by atoms with Crippen LogP contribution in [0.5, 0.6) is 0 Å². The van der Waals surface area contributed by atoms with E-state index in [1.54, 1.807) is 13.0 Å². The average molecular weight is 377 g/mol.